The van der Waals surface area contributed by atoms with Crippen molar-refractivity contribution in [2.75, 3.05) is 6.54 Å². The lowest BCUT2D eigenvalue weighted by Crippen LogP contribution is -2.41. The van der Waals surface area contributed by atoms with E-state index >= 15 is 0 Å². The summed E-state index contributed by atoms with van der Waals surface area (Å²) < 4.78 is 3.13. The molecule has 1 aliphatic heterocycles. The lowest BCUT2D eigenvalue weighted by molar-refractivity contribution is 0.0718. The number of amides is 1. The van der Waals surface area contributed by atoms with Crippen molar-refractivity contribution < 1.29 is 4.79 Å². The van der Waals surface area contributed by atoms with Crippen LogP contribution in [-0.4, -0.2) is 47.8 Å². The number of aromatic nitrogens is 5. The van der Waals surface area contributed by atoms with Gasteiger partial charge < -0.3 is 4.90 Å². The number of fused-ring (bicyclic) bond motifs is 1. The van der Waals surface area contributed by atoms with E-state index in [4.69, 9.17) is 0 Å². The van der Waals surface area contributed by atoms with E-state index in [0.717, 1.165) is 18.4 Å². The third-order valence-corrected chi connectivity index (χ3v) is 4.60. The predicted octanol–water partition coefficient (Wildman–Crippen LogP) is 0.899. The van der Waals surface area contributed by atoms with Gasteiger partial charge in [-0.2, -0.15) is 0 Å². The summed E-state index contributed by atoms with van der Waals surface area (Å²) in [5.41, 5.74) is 1.33. The van der Waals surface area contributed by atoms with Crippen LogP contribution in [0.1, 0.15) is 28.8 Å². The summed E-state index contributed by atoms with van der Waals surface area (Å²) in [5.74, 6) is -0.268. The summed E-state index contributed by atoms with van der Waals surface area (Å²) in [6, 6.07) is 3.65. The first-order chi connectivity index (χ1) is 12.1. The molecule has 0 spiro atoms. The Morgan fingerprint density at radius 3 is 3.04 bits per heavy atom. The number of carbonyl (C=O) groups excluding carboxylic acids is 1. The highest BCUT2D eigenvalue weighted by Gasteiger charge is 2.31. The van der Waals surface area contributed by atoms with Crippen molar-refractivity contribution in [2.24, 2.45) is 0 Å². The summed E-state index contributed by atoms with van der Waals surface area (Å²) in [6.07, 6.45) is 8.23. The minimum Gasteiger partial charge on any atom is -0.334 e. The highest BCUT2D eigenvalue weighted by Crippen LogP contribution is 2.20. The Morgan fingerprint density at radius 2 is 2.24 bits per heavy atom. The molecule has 0 radical (unpaired) electrons. The Hall–Kier alpha value is -3.03. The third-order valence-electron chi connectivity index (χ3n) is 4.60. The van der Waals surface area contributed by atoms with Gasteiger partial charge in [0.05, 0.1) is 18.8 Å². The van der Waals surface area contributed by atoms with Gasteiger partial charge in [-0.3, -0.25) is 18.7 Å². The van der Waals surface area contributed by atoms with Crippen molar-refractivity contribution in [1.82, 2.24) is 29.3 Å². The normalized spacial score (nSPS) is 17.3. The van der Waals surface area contributed by atoms with Gasteiger partial charge in [0.25, 0.3) is 11.5 Å². The minimum absolute atomic E-state index is 0.00677. The largest absolute Gasteiger partial charge is 0.334 e. The van der Waals surface area contributed by atoms with Crippen molar-refractivity contribution in [3.05, 3.63) is 58.4 Å². The van der Waals surface area contributed by atoms with Crippen molar-refractivity contribution >= 4 is 11.6 Å². The Balaban J connectivity index is 1.66. The standard InChI is InChI=1S/C17H18N6O2/c1-12-4-7-23-15(9-12)18-10-14(17(23)25)16(24)22-6-2-3-13(22)11-21-8-5-19-20-21/h4-5,7-10,13H,2-3,6,11H2,1H3/t13-/m0/s1. The van der Waals surface area contributed by atoms with Crippen LogP contribution in [0.3, 0.4) is 0 Å². The number of hydrogen-bond donors (Lipinski definition) is 0. The quantitative estimate of drug-likeness (QED) is 0.708. The maximum atomic E-state index is 12.9. The van der Waals surface area contributed by atoms with Crippen LogP contribution in [0.25, 0.3) is 5.65 Å². The van der Waals surface area contributed by atoms with Gasteiger partial charge in [-0.1, -0.05) is 5.21 Å². The molecule has 3 aromatic rings. The Kier molecular flexibility index (Phi) is 3.79. The molecule has 0 aromatic carbocycles. The maximum absolute atomic E-state index is 12.9. The molecule has 0 saturated carbocycles. The van der Waals surface area contributed by atoms with E-state index in [-0.39, 0.29) is 23.1 Å². The molecule has 1 fully saturated rings. The van der Waals surface area contributed by atoms with Gasteiger partial charge in [-0.15, -0.1) is 5.10 Å². The number of carbonyl (C=O) groups is 1. The Bertz CT molecular complexity index is 978. The number of rotatable bonds is 3. The van der Waals surface area contributed by atoms with Gasteiger partial charge >= 0.3 is 0 Å². The van der Waals surface area contributed by atoms with Gasteiger partial charge in [-0.25, -0.2) is 4.98 Å². The van der Waals surface area contributed by atoms with Crippen molar-refractivity contribution in [1.29, 1.82) is 0 Å². The fourth-order valence-corrected chi connectivity index (χ4v) is 3.32. The molecule has 128 valence electrons. The van der Waals surface area contributed by atoms with E-state index in [1.165, 1.54) is 10.6 Å². The van der Waals surface area contributed by atoms with Crippen LogP contribution in [0.15, 0.2) is 41.7 Å². The second-order valence-corrected chi connectivity index (χ2v) is 6.33. The number of nitrogens with zero attached hydrogens (tertiary/aromatic N) is 6. The first-order valence-electron chi connectivity index (χ1n) is 8.26. The average molecular weight is 338 g/mol. The van der Waals surface area contributed by atoms with E-state index in [9.17, 15) is 9.59 Å². The predicted molar refractivity (Wildman–Crippen MR) is 90.3 cm³/mol. The van der Waals surface area contributed by atoms with E-state index in [1.807, 2.05) is 19.1 Å². The van der Waals surface area contributed by atoms with Crippen LogP contribution in [0.2, 0.25) is 0 Å². The number of pyridine rings is 1. The van der Waals surface area contributed by atoms with Gasteiger partial charge in [0, 0.05) is 25.1 Å². The fourth-order valence-electron chi connectivity index (χ4n) is 3.32. The van der Waals surface area contributed by atoms with Gasteiger partial charge in [0.15, 0.2) is 0 Å². The summed E-state index contributed by atoms with van der Waals surface area (Å²) in [5, 5.41) is 7.76. The molecule has 25 heavy (non-hydrogen) atoms. The molecule has 1 amide bonds. The number of likely N-dealkylation sites (tertiary alicyclic amines) is 1. The molecular weight excluding hydrogens is 320 g/mol. The molecule has 0 aliphatic carbocycles. The number of hydrogen-bond acceptors (Lipinski definition) is 5. The van der Waals surface area contributed by atoms with Crippen LogP contribution in [0.5, 0.6) is 0 Å². The van der Waals surface area contributed by atoms with Crippen molar-refractivity contribution in [2.45, 2.75) is 32.4 Å². The highest BCUT2D eigenvalue weighted by atomic mass is 16.2. The molecule has 8 heteroatoms. The van der Waals surface area contributed by atoms with Gasteiger partial charge in [0.1, 0.15) is 11.2 Å². The SMILES string of the molecule is Cc1ccn2c(=O)c(C(=O)N3CCC[C@H]3Cn3ccnn3)cnc2c1. The molecule has 0 N–H and O–H groups in total. The third kappa shape index (κ3) is 2.79. The summed E-state index contributed by atoms with van der Waals surface area (Å²) in [6.45, 7) is 3.14. The van der Waals surface area contributed by atoms with Crippen LogP contribution < -0.4 is 5.56 Å². The van der Waals surface area contributed by atoms with Crippen LogP contribution in [-0.2, 0) is 6.54 Å². The molecule has 0 bridgehead atoms. The molecule has 0 unspecified atom stereocenters. The maximum Gasteiger partial charge on any atom is 0.270 e. The first kappa shape index (κ1) is 15.5. The smallest absolute Gasteiger partial charge is 0.270 e. The topological polar surface area (TPSA) is 85.4 Å². The fraction of sp³-hybridized carbons (Fsp3) is 0.353. The zero-order valence-electron chi connectivity index (χ0n) is 13.9. The number of aryl methyl sites for hydroxylation is 1. The molecule has 1 aliphatic rings. The molecule has 4 heterocycles. The van der Waals surface area contributed by atoms with Crippen LogP contribution in [0, 0.1) is 6.92 Å². The Labute approximate surface area is 143 Å². The van der Waals surface area contributed by atoms with E-state index in [0.29, 0.717) is 18.7 Å². The molecule has 8 nitrogen and oxygen atoms in total. The lowest BCUT2D eigenvalue weighted by atomic mass is 10.2. The monoisotopic (exact) mass is 338 g/mol. The Morgan fingerprint density at radius 1 is 1.36 bits per heavy atom. The molecule has 4 rings (SSSR count). The van der Waals surface area contributed by atoms with Crippen molar-refractivity contribution in [3.8, 4) is 0 Å². The average Bonchev–Trinajstić information content (AvgIpc) is 3.27. The molecule has 1 atom stereocenters. The van der Waals surface area contributed by atoms with E-state index in [2.05, 4.69) is 15.3 Å². The first-order valence-corrected chi connectivity index (χ1v) is 8.26. The van der Waals surface area contributed by atoms with Crippen LogP contribution >= 0.6 is 0 Å². The zero-order chi connectivity index (χ0) is 17.4. The van der Waals surface area contributed by atoms with E-state index in [1.54, 1.807) is 28.2 Å². The van der Waals surface area contributed by atoms with Crippen LogP contribution in [0.4, 0.5) is 0 Å². The van der Waals surface area contributed by atoms with Gasteiger partial charge in [-0.05, 0) is 37.5 Å². The second-order valence-electron chi connectivity index (χ2n) is 6.33. The zero-order valence-corrected chi connectivity index (χ0v) is 13.9. The van der Waals surface area contributed by atoms with Crippen molar-refractivity contribution in [3.63, 3.8) is 0 Å². The highest BCUT2D eigenvalue weighted by molar-refractivity contribution is 5.94. The second kappa shape index (κ2) is 6.12. The molecule has 1 saturated heterocycles. The van der Waals surface area contributed by atoms with E-state index < -0.39 is 0 Å². The van der Waals surface area contributed by atoms with Gasteiger partial charge in [0.2, 0.25) is 0 Å². The minimum atomic E-state index is -0.332. The molecule has 3 aromatic heterocycles. The summed E-state index contributed by atoms with van der Waals surface area (Å²) in [4.78, 5) is 31.7. The summed E-state index contributed by atoms with van der Waals surface area (Å²) in [7, 11) is 0. The summed E-state index contributed by atoms with van der Waals surface area (Å²) >= 11 is 0. The lowest BCUT2D eigenvalue weighted by Gasteiger charge is -2.24. The molecular formula is C17H18N6O2.